The number of ketones is 1. The Morgan fingerprint density at radius 3 is 2.61 bits per heavy atom. The quantitative estimate of drug-likeness (QED) is 0.317. The lowest BCUT2D eigenvalue weighted by molar-refractivity contribution is 0.102. The lowest BCUT2D eigenvalue weighted by Crippen LogP contribution is -2.16. The Morgan fingerprint density at radius 2 is 1.77 bits per heavy atom. The predicted octanol–water partition coefficient (Wildman–Crippen LogP) is 4.97. The van der Waals surface area contributed by atoms with Crippen LogP contribution in [-0.2, 0) is 6.54 Å². The Labute approximate surface area is 182 Å². The number of hydrogen-bond donors (Lipinski definition) is 0. The van der Waals surface area contributed by atoms with Crippen LogP contribution in [0.1, 0.15) is 15.9 Å². The standard InChI is InChI=1S/C24H19FN2O3S/c25-18-8-5-16(6-9-18)14-27-20-4-2-1-3-19(20)26-24(27)31-15-21(28)17-7-10-22-23(13-17)30-12-11-29-22/h1-10,13H,11-12,14-15H2. The van der Waals surface area contributed by atoms with E-state index in [0.29, 0.717) is 36.8 Å². The number of aromatic nitrogens is 2. The van der Waals surface area contributed by atoms with Crippen molar-refractivity contribution in [2.45, 2.75) is 11.7 Å². The molecule has 1 aliphatic rings. The highest BCUT2D eigenvalue weighted by Gasteiger charge is 2.17. The topological polar surface area (TPSA) is 53.4 Å². The molecule has 0 saturated heterocycles. The van der Waals surface area contributed by atoms with E-state index < -0.39 is 0 Å². The molecule has 0 bridgehead atoms. The molecule has 4 aromatic rings. The third kappa shape index (κ3) is 4.14. The summed E-state index contributed by atoms with van der Waals surface area (Å²) in [5.41, 5.74) is 3.38. The van der Waals surface area contributed by atoms with Crippen LogP contribution < -0.4 is 9.47 Å². The molecule has 0 amide bonds. The van der Waals surface area contributed by atoms with Gasteiger partial charge >= 0.3 is 0 Å². The first-order valence-electron chi connectivity index (χ1n) is 9.93. The fourth-order valence-corrected chi connectivity index (χ4v) is 4.43. The van der Waals surface area contributed by atoms with Crippen molar-refractivity contribution in [2.75, 3.05) is 19.0 Å². The van der Waals surface area contributed by atoms with Crippen molar-refractivity contribution in [3.63, 3.8) is 0 Å². The zero-order chi connectivity index (χ0) is 21.2. The number of fused-ring (bicyclic) bond motifs is 2. The van der Waals surface area contributed by atoms with Crippen LogP contribution in [0.25, 0.3) is 11.0 Å². The van der Waals surface area contributed by atoms with Gasteiger partial charge in [0.25, 0.3) is 0 Å². The van der Waals surface area contributed by atoms with Crippen LogP contribution in [0, 0.1) is 5.82 Å². The fourth-order valence-electron chi connectivity index (χ4n) is 3.52. The van der Waals surface area contributed by atoms with Gasteiger partial charge in [-0.2, -0.15) is 0 Å². The van der Waals surface area contributed by atoms with E-state index in [1.54, 1.807) is 30.3 Å². The average Bonchev–Trinajstić information content (AvgIpc) is 3.16. The number of halogens is 1. The summed E-state index contributed by atoms with van der Waals surface area (Å²) in [4.78, 5) is 17.5. The molecule has 3 aromatic carbocycles. The molecule has 0 atom stereocenters. The minimum Gasteiger partial charge on any atom is -0.486 e. The average molecular weight is 434 g/mol. The molecule has 5 rings (SSSR count). The number of hydrogen-bond acceptors (Lipinski definition) is 5. The van der Waals surface area contributed by atoms with Gasteiger partial charge in [-0.3, -0.25) is 4.79 Å². The van der Waals surface area contributed by atoms with Crippen LogP contribution in [0.4, 0.5) is 4.39 Å². The van der Waals surface area contributed by atoms with E-state index >= 15 is 0 Å². The fraction of sp³-hybridized carbons (Fsp3) is 0.167. The first kappa shape index (κ1) is 19.6. The number of rotatable bonds is 6. The van der Waals surface area contributed by atoms with Gasteiger partial charge in [-0.15, -0.1) is 0 Å². The van der Waals surface area contributed by atoms with Gasteiger partial charge in [-0.1, -0.05) is 36.0 Å². The maximum absolute atomic E-state index is 13.3. The highest BCUT2D eigenvalue weighted by Crippen LogP contribution is 2.32. The van der Waals surface area contributed by atoms with Gasteiger partial charge in [0.2, 0.25) is 0 Å². The Kier molecular flexibility index (Phi) is 5.34. The minimum atomic E-state index is -0.265. The molecule has 0 fully saturated rings. The van der Waals surface area contributed by atoms with E-state index in [2.05, 4.69) is 4.57 Å². The van der Waals surface area contributed by atoms with Gasteiger partial charge in [-0.25, -0.2) is 9.37 Å². The molecule has 156 valence electrons. The molecule has 7 heteroatoms. The monoisotopic (exact) mass is 434 g/mol. The smallest absolute Gasteiger partial charge is 0.173 e. The van der Waals surface area contributed by atoms with E-state index in [9.17, 15) is 9.18 Å². The molecule has 31 heavy (non-hydrogen) atoms. The van der Waals surface area contributed by atoms with Gasteiger partial charge in [0.15, 0.2) is 22.4 Å². The maximum Gasteiger partial charge on any atom is 0.173 e. The van der Waals surface area contributed by atoms with Crippen molar-refractivity contribution < 1.29 is 18.7 Å². The van der Waals surface area contributed by atoms with Crippen LogP contribution in [-0.4, -0.2) is 34.3 Å². The Morgan fingerprint density at radius 1 is 1.00 bits per heavy atom. The minimum absolute atomic E-state index is 0.0117. The summed E-state index contributed by atoms with van der Waals surface area (Å²) in [5, 5.41) is 0.747. The highest BCUT2D eigenvalue weighted by atomic mass is 32.2. The normalized spacial score (nSPS) is 12.8. The van der Waals surface area contributed by atoms with Crippen LogP contribution in [0.5, 0.6) is 11.5 Å². The Hall–Kier alpha value is -3.32. The maximum atomic E-state index is 13.3. The van der Waals surface area contributed by atoms with Gasteiger partial charge in [-0.05, 0) is 48.0 Å². The predicted molar refractivity (Wildman–Crippen MR) is 118 cm³/mol. The summed E-state index contributed by atoms with van der Waals surface area (Å²) in [6, 6.07) is 19.5. The van der Waals surface area contributed by atoms with E-state index in [0.717, 1.165) is 21.8 Å². The number of benzene rings is 3. The first-order chi connectivity index (χ1) is 15.2. The number of carbonyl (C=O) groups excluding carboxylic acids is 1. The number of ether oxygens (including phenoxy) is 2. The number of imidazole rings is 1. The number of Topliss-reactive ketones (excluding diaryl/α,β-unsaturated/α-hetero) is 1. The SMILES string of the molecule is O=C(CSc1nc2ccccc2n1Cc1ccc(F)cc1)c1ccc2c(c1)OCCO2. The number of thioether (sulfide) groups is 1. The summed E-state index contributed by atoms with van der Waals surface area (Å²) in [5.74, 6) is 1.23. The Bertz CT molecular complexity index is 1250. The van der Waals surface area contributed by atoms with E-state index in [-0.39, 0.29) is 17.4 Å². The number of nitrogens with zero attached hydrogens (tertiary/aromatic N) is 2. The summed E-state index contributed by atoms with van der Waals surface area (Å²) in [7, 11) is 0. The molecule has 5 nitrogen and oxygen atoms in total. The zero-order valence-corrected chi connectivity index (χ0v) is 17.4. The molecule has 1 aliphatic heterocycles. The molecule has 0 aliphatic carbocycles. The van der Waals surface area contributed by atoms with Crippen molar-refractivity contribution in [1.82, 2.24) is 9.55 Å². The van der Waals surface area contributed by atoms with Gasteiger partial charge in [0.1, 0.15) is 19.0 Å². The molecular formula is C24H19FN2O3S. The second-order valence-corrected chi connectivity index (χ2v) is 8.11. The molecule has 0 spiro atoms. The summed E-state index contributed by atoms with van der Waals surface area (Å²) in [6.07, 6.45) is 0. The van der Waals surface area contributed by atoms with Gasteiger partial charge < -0.3 is 14.0 Å². The largest absolute Gasteiger partial charge is 0.486 e. The molecule has 2 heterocycles. The lowest BCUT2D eigenvalue weighted by Gasteiger charge is -2.18. The highest BCUT2D eigenvalue weighted by molar-refractivity contribution is 7.99. The molecular weight excluding hydrogens is 415 g/mol. The van der Waals surface area contributed by atoms with Crippen molar-refractivity contribution in [3.8, 4) is 11.5 Å². The number of carbonyl (C=O) groups is 1. The third-order valence-corrected chi connectivity index (χ3v) is 6.05. The van der Waals surface area contributed by atoms with Crippen LogP contribution in [0.15, 0.2) is 71.9 Å². The van der Waals surface area contributed by atoms with E-state index in [1.165, 1.54) is 23.9 Å². The molecule has 1 aromatic heterocycles. The second-order valence-electron chi connectivity index (χ2n) is 7.17. The molecule has 0 radical (unpaired) electrons. The third-order valence-electron chi connectivity index (χ3n) is 5.07. The van der Waals surface area contributed by atoms with Gasteiger partial charge in [0.05, 0.1) is 23.3 Å². The van der Waals surface area contributed by atoms with Crippen molar-refractivity contribution in [3.05, 3.63) is 83.7 Å². The second kappa shape index (κ2) is 8.43. The summed E-state index contributed by atoms with van der Waals surface area (Å²) in [6.45, 7) is 1.54. The van der Waals surface area contributed by atoms with Crippen LogP contribution >= 0.6 is 11.8 Å². The zero-order valence-electron chi connectivity index (χ0n) is 16.6. The lowest BCUT2D eigenvalue weighted by atomic mass is 10.1. The number of para-hydroxylation sites is 2. The summed E-state index contributed by atoms with van der Waals surface area (Å²) >= 11 is 1.39. The van der Waals surface area contributed by atoms with E-state index in [1.807, 2.05) is 24.3 Å². The molecule has 0 unspecified atom stereocenters. The van der Waals surface area contributed by atoms with E-state index in [4.69, 9.17) is 14.5 Å². The van der Waals surface area contributed by atoms with Gasteiger partial charge in [0, 0.05) is 5.56 Å². The summed E-state index contributed by atoms with van der Waals surface area (Å²) < 4.78 is 26.5. The molecule has 0 N–H and O–H groups in total. The van der Waals surface area contributed by atoms with Crippen molar-refractivity contribution >= 4 is 28.6 Å². The molecule has 0 saturated carbocycles. The Balaban J connectivity index is 1.38. The first-order valence-corrected chi connectivity index (χ1v) is 10.9. The van der Waals surface area contributed by atoms with Crippen LogP contribution in [0.2, 0.25) is 0 Å². The van der Waals surface area contributed by atoms with Crippen LogP contribution in [0.3, 0.4) is 0 Å². The van der Waals surface area contributed by atoms with Crippen molar-refractivity contribution in [2.24, 2.45) is 0 Å². The van der Waals surface area contributed by atoms with Crippen molar-refractivity contribution in [1.29, 1.82) is 0 Å².